The topological polar surface area (TPSA) is 63.7 Å². The van der Waals surface area contributed by atoms with Gasteiger partial charge in [0.25, 0.3) is 0 Å². The van der Waals surface area contributed by atoms with Crippen molar-refractivity contribution in [1.29, 1.82) is 0 Å². The van der Waals surface area contributed by atoms with E-state index in [4.69, 9.17) is 9.47 Å². The summed E-state index contributed by atoms with van der Waals surface area (Å²) in [5.41, 5.74) is 0.540. The Bertz CT molecular complexity index is 683. The van der Waals surface area contributed by atoms with Crippen LogP contribution in [-0.2, 0) is 4.74 Å². The number of hydrogen-bond donors (Lipinski definition) is 1. The average Bonchev–Trinajstić information content (AvgIpc) is 2.56. The van der Waals surface area contributed by atoms with Crippen LogP contribution in [0.2, 0.25) is 0 Å². The summed E-state index contributed by atoms with van der Waals surface area (Å²) in [5, 5.41) is 2.89. The van der Waals surface area contributed by atoms with Gasteiger partial charge in [-0.2, -0.15) is 0 Å². The van der Waals surface area contributed by atoms with Crippen molar-refractivity contribution in [2.24, 2.45) is 0 Å². The van der Waals surface area contributed by atoms with E-state index in [2.05, 4.69) is 10.3 Å². The molecule has 1 aromatic heterocycles. The molecule has 1 aromatic carbocycles. The number of anilines is 1. The van der Waals surface area contributed by atoms with Crippen LogP contribution >= 0.6 is 0 Å². The van der Waals surface area contributed by atoms with Gasteiger partial charge in [-0.05, 0) is 38.1 Å². The van der Waals surface area contributed by atoms with Gasteiger partial charge in [-0.25, -0.2) is 9.78 Å². The third kappa shape index (κ3) is 4.02. The van der Waals surface area contributed by atoms with Gasteiger partial charge < -0.3 is 19.7 Å². The molecular weight excluding hydrogens is 306 g/mol. The van der Waals surface area contributed by atoms with Crippen molar-refractivity contribution in [3.63, 3.8) is 0 Å². The molecule has 3 rings (SSSR count). The third-order valence-electron chi connectivity index (χ3n) is 3.68. The molecule has 1 N–H and O–H groups in total. The summed E-state index contributed by atoms with van der Waals surface area (Å²) in [6.45, 7) is 5.05. The molecule has 6 nitrogen and oxygen atoms in total. The van der Waals surface area contributed by atoms with E-state index in [1.54, 1.807) is 23.2 Å². The Kier molecular flexibility index (Phi) is 4.96. The lowest BCUT2D eigenvalue weighted by molar-refractivity contribution is -0.0530. The number of carbonyl (C=O) groups excluding carboxylic acids is 1. The van der Waals surface area contributed by atoms with Gasteiger partial charge in [-0.15, -0.1) is 0 Å². The highest BCUT2D eigenvalue weighted by molar-refractivity contribution is 5.90. The van der Waals surface area contributed by atoms with Crippen LogP contribution in [0, 0.1) is 0 Å². The summed E-state index contributed by atoms with van der Waals surface area (Å²) in [6, 6.07) is 12.7. The molecule has 24 heavy (non-hydrogen) atoms. The Morgan fingerprint density at radius 2 is 1.88 bits per heavy atom. The van der Waals surface area contributed by atoms with Crippen LogP contribution in [0.1, 0.15) is 13.8 Å². The zero-order chi connectivity index (χ0) is 16.9. The average molecular weight is 327 g/mol. The first-order valence-corrected chi connectivity index (χ1v) is 8.01. The highest BCUT2D eigenvalue weighted by atomic mass is 16.5. The zero-order valence-electron chi connectivity index (χ0n) is 13.8. The number of rotatable bonds is 3. The fraction of sp³-hybridized carbons (Fsp3) is 0.333. The number of hydrogen-bond acceptors (Lipinski definition) is 4. The molecule has 1 fully saturated rings. The molecule has 2 heterocycles. The normalized spacial score (nSPS) is 20.5. The van der Waals surface area contributed by atoms with E-state index in [1.165, 1.54) is 0 Å². The minimum Gasteiger partial charge on any atom is -0.437 e. The van der Waals surface area contributed by atoms with Gasteiger partial charge in [0.15, 0.2) is 0 Å². The fourth-order valence-electron chi connectivity index (χ4n) is 2.71. The molecule has 0 unspecified atom stereocenters. The molecule has 2 amide bonds. The van der Waals surface area contributed by atoms with Crippen molar-refractivity contribution in [3.05, 3.63) is 48.7 Å². The lowest BCUT2D eigenvalue weighted by Gasteiger charge is -2.35. The van der Waals surface area contributed by atoms with E-state index >= 15 is 0 Å². The van der Waals surface area contributed by atoms with Gasteiger partial charge in [0, 0.05) is 19.3 Å². The first-order chi connectivity index (χ1) is 11.6. The van der Waals surface area contributed by atoms with E-state index < -0.39 is 0 Å². The number of nitrogens with zero attached hydrogens (tertiary/aromatic N) is 2. The van der Waals surface area contributed by atoms with Crippen molar-refractivity contribution in [1.82, 2.24) is 9.88 Å². The van der Waals surface area contributed by atoms with Gasteiger partial charge in [-0.1, -0.05) is 18.2 Å². The summed E-state index contributed by atoms with van der Waals surface area (Å²) >= 11 is 0. The highest BCUT2D eigenvalue weighted by Crippen LogP contribution is 2.27. The maximum Gasteiger partial charge on any atom is 0.322 e. The molecule has 1 aliphatic heterocycles. The van der Waals surface area contributed by atoms with E-state index in [-0.39, 0.29) is 18.2 Å². The summed E-state index contributed by atoms with van der Waals surface area (Å²) in [4.78, 5) is 18.5. The molecule has 0 saturated carbocycles. The second kappa shape index (κ2) is 7.31. The van der Waals surface area contributed by atoms with Crippen LogP contribution in [0.5, 0.6) is 11.6 Å². The number of morpholine rings is 1. The van der Waals surface area contributed by atoms with Crippen LogP contribution in [0.3, 0.4) is 0 Å². The van der Waals surface area contributed by atoms with Crippen LogP contribution in [0.25, 0.3) is 0 Å². The molecule has 0 radical (unpaired) electrons. The Labute approximate surface area is 141 Å². The van der Waals surface area contributed by atoms with Crippen molar-refractivity contribution in [3.8, 4) is 11.6 Å². The number of para-hydroxylation sites is 1. The molecule has 6 heteroatoms. The van der Waals surface area contributed by atoms with Crippen molar-refractivity contribution in [2.75, 3.05) is 18.4 Å². The number of urea groups is 1. The molecular formula is C18H21N3O3. The van der Waals surface area contributed by atoms with Crippen LogP contribution in [0.15, 0.2) is 48.7 Å². The molecule has 0 bridgehead atoms. The number of carbonyl (C=O) groups is 1. The predicted molar refractivity (Wildman–Crippen MR) is 91.4 cm³/mol. The minimum atomic E-state index is -0.178. The predicted octanol–water partition coefficient (Wildman–Crippen LogP) is 3.52. The molecule has 0 spiro atoms. The molecule has 126 valence electrons. The van der Waals surface area contributed by atoms with Gasteiger partial charge in [0.1, 0.15) is 11.4 Å². The Morgan fingerprint density at radius 1 is 1.17 bits per heavy atom. The van der Waals surface area contributed by atoms with Crippen molar-refractivity contribution >= 4 is 11.7 Å². The lowest BCUT2D eigenvalue weighted by Crippen LogP contribution is -2.49. The number of aromatic nitrogens is 1. The number of pyridine rings is 1. The highest BCUT2D eigenvalue weighted by Gasteiger charge is 2.26. The molecule has 2 atom stereocenters. The zero-order valence-corrected chi connectivity index (χ0v) is 13.8. The lowest BCUT2D eigenvalue weighted by atomic mass is 10.2. The maximum absolute atomic E-state index is 12.5. The second-order valence-electron chi connectivity index (χ2n) is 5.86. The van der Waals surface area contributed by atoms with Gasteiger partial charge in [-0.3, -0.25) is 0 Å². The van der Waals surface area contributed by atoms with Crippen molar-refractivity contribution < 1.29 is 14.3 Å². The van der Waals surface area contributed by atoms with Crippen LogP contribution < -0.4 is 10.1 Å². The van der Waals surface area contributed by atoms with Crippen molar-refractivity contribution in [2.45, 2.75) is 26.1 Å². The maximum atomic E-state index is 12.5. The summed E-state index contributed by atoms with van der Waals surface area (Å²) in [7, 11) is 0. The second-order valence-corrected chi connectivity index (χ2v) is 5.86. The number of amides is 2. The van der Waals surface area contributed by atoms with E-state index in [0.717, 1.165) is 0 Å². The third-order valence-corrected chi connectivity index (χ3v) is 3.68. The smallest absolute Gasteiger partial charge is 0.322 e. The SMILES string of the molecule is C[C@@H]1CN(C(=O)Nc2cccnc2Oc2ccccc2)C[C@H](C)O1. The van der Waals surface area contributed by atoms with Crippen LogP contribution in [-0.4, -0.2) is 41.2 Å². The van der Waals surface area contributed by atoms with E-state index in [0.29, 0.717) is 30.4 Å². The first-order valence-electron chi connectivity index (χ1n) is 8.01. The molecule has 0 aliphatic carbocycles. The standard InChI is InChI=1S/C18H21N3O3/c1-13-11-21(12-14(2)23-13)18(22)20-16-9-6-10-19-17(16)24-15-7-4-3-5-8-15/h3-10,13-14H,11-12H2,1-2H3,(H,20,22)/t13-,14+. The molecule has 1 saturated heterocycles. The summed E-state index contributed by atoms with van der Waals surface area (Å²) in [6.07, 6.45) is 1.68. The Morgan fingerprint density at radius 3 is 2.58 bits per heavy atom. The van der Waals surface area contributed by atoms with E-state index in [1.807, 2.05) is 44.2 Å². The summed E-state index contributed by atoms with van der Waals surface area (Å²) in [5.74, 6) is 1.03. The Balaban J connectivity index is 1.72. The Hall–Kier alpha value is -2.60. The van der Waals surface area contributed by atoms with Gasteiger partial charge in [0.05, 0.1) is 12.2 Å². The minimum absolute atomic E-state index is 0.0217. The quantitative estimate of drug-likeness (QED) is 0.937. The largest absolute Gasteiger partial charge is 0.437 e. The van der Waals surface area contributed by atoms with Gasteiger partial charge >= 0.3 is 6.03 Å². The van der Waals surface area contributed by atoms with Gasteiger partial charge in [0.2, 0.25) is 5.88 Å². The fourth-order valence-corrected chi connectivity index (χ4v) is 2.71. The monoisotopic (exact) mass is 327 g/mol. The van der Waals surface area contributed by atoms with Crippen LogP contribution in [0.4, 0.5) is 10.5 Å². The number of nitrogens with one attached hydrogen (secondary N) is 1. The molecule has 2 aromatic rings. The number of ether oxygens (including phenoxy) is 2. The number of benzene rings is 1. The summed E-state index contributed by atoms with van der Waals surface area (Å²) < 4.78 is 11.4. The van der Waals surface area contributed by atoms with E-state index in [9.17, 15) is 4.79 Å². The molecule has 1 aliphatic rings. The first kappa shape index (κ1) is 16.3.